The number of piperidine rings is 1. The molecule has 2 heterocycles. The van der Waals surface area contributed by atoms with Crippen molar-refractivity contribution in [2.24, 2.45) is 0 Å². The van der Waals surface area contributed by atoms with E-state index in [0.717, 1.165) is 40.9 Å². The van der Waals surface area contributed by atoms with Gasteiger partial charge in [0.25, 0.3) is 5.89 Å². The molecule has 1 fully saturated rings. The van der Waals surface area contributed by atoms with Gasteiger partial charge in [0, 0.05) is 22.5 Å². The first kappa shape index (κ1) is 12.8. The van der Waals surface area contributed by atoms with Crippen molar-refractivity contribution in [1.82, 2.24) is 15.5 Å². The van der Waals surface area contributed by atoms with Crippen LogP contribution in [-0.4, -0.2) is 23.2 Å². The number of nitrogens with zero attached hydrogens (tertiary/aromatic N) is 2. The fraction of sp³-hybridized carbons (Fsp3) is 0.429. The van der Waals surface area contributed by atoms with Gasteiger partial charge in [-0.2, -0.15) is 4.98 Å². The molecule has 1 saturated heterocycles. The van der Waals surface area contributed by atoms with Crippen LogP contribution >= 0.6 is 15.9 Å². The van der Waals surface area contributed by atoms with Crippen LogP contribution in [0.3, 0.4) is 0 Å². The standard InChI is InChI=1S/C14H16BrN3O/c1-9-11(5-2-6-12(9)15)14-17-13(18-19-14)10-4-3-7-16-8-10/h2,5-6,10,16H,3-4,7-8H2,1H3. The van der Waals surface area contributed by atoms with Crippen molar-refractivity contribution < 1.29 is 4.52 Å². The molecule has 0 bridgehead atoms. The normalized spacial score (nSPS) is 19.6. The lowest BCUT2D eigenvalue weighted by molar-refractivity contribution is 0.393. The number of halogens is 1. The van der Waals surface area contributed by atoms with E-state index in [1.807, 2.05) is 25.1 Å². The van der Waals surface area contributed by atoms with Crippen LogP contribution in [0.5, 0.6) is 0 Å². The van der Waals surface area contributed by atoms with Crippen LogP contribution in [-0.2, 0) is 0 Å². The zero-order valence-corrected chi connectivity index (χ0v) is 12.4. The smallest absolute Gasteiger partial charge is 0.258 e. The third kappa shape index (κ3) is 2.58. The average molecular weight is 322 g/mol. The first-order valence-corrected chi connectivity index (χ1v) is 7.35. The van der Waals surface area contributed by atoms with Gasteiger partial charge in [0.1, 0.15) is 0 Å². The van der Waals surface area contributed by atoms with Crippen LogP contribution in [0.4, 0.5) is 0 Å². The molecule has 1 aliphatic heterocycles. The van der Waals surface area contributed by atoms with E-state index in [1.165, 1.54) is 6.42 Å². The van der Waals surface area contributed by atoms with E-state index in [4.69, 9.17) is 4.52 Å². The zero-order chi connectivity index (χ0) is 13.2. The molecule has 1 unspecified atom stereocenters. The Morgan fingerprint density at radius 3 is 3.11 bits per heavy atom. The Balaban J connectivity index is 1.90. The van der Waals surface area contributed by atoms with E-state index in [0.29, 0.717) is 11.8 Å². The van der Waals surface area contributed by atoms with Gasteiger partial charge in [-0.25, -0.2) is 0 Å². The molecule has 0 aliphatic carbocycles. The zero-order valence-electron chi connectivity index (χ0n) is 10.8. The summed E-state index contributed by atoms with van der Waals surface area (Å²) in [6, 6.07) is 6.01. The second-order valence-corrected chi connectivity index (χ2v) is 5.77. The lowest BCUT2D eigenvalue weighted by atomic mass is 9.99. The van der Waals surface area contributed by atoms with Crippen LogP contribution in [0.1, 0.15) is 30.1 Å². The third-order valence-electron chi connectivity index (χ3n) is 3.60. The van der Waals surface area contributed by atoms with Crippen molar-refractivity contribution in [1.29, 1.82) is 0 Å². The van der Waals surface area contributed by atoms with Crippen molar-refractivity contribution in [3.05, 3.63) is 34.1 Å². The minimum atomic E-state index is 0.374. The second kappa shape index (κ2) is 5.43. The lowest BCUT2D eigenvalue weighted by Crippen LogP contribution is -2.28. The summed E-state index contributed by atoms with van der Waals surface area (Å²) in [4.78, 5) is 4.57. The summed E-state index contributed by atoms with van der Waals surface area (Å²) in [5, 5.41) is 7.52. The molecule has 0 spiro atoms. The van der Waals surface area contributed by atoms with Crippen molar-refractivity contribution in [2.75, 3.05) is 13.1 Å². The fourth-order valence-corrected chi connectivity index (χ4v) is 2.79. The van der Waals surface area contributed by atoms with Gasteiger partial charge in [-0.1, -0.05) is 27.2 Å². The maximum absolute atomic E-state index is 5.43. The molecule has 5 heteroatoms. The fourth-order valence-electron chi connectivity index (χ4n) is 2.42. The van der Waals surface area contributed by atoms with Crippen LogP contribution in [0, 0.1) is 6.92 Å². The number of benzene rings is 1. The molecule has 1 aliphatic rings. The summed E-state index contributed by atoms with van der Waals surface area (Å²) in [6.45, 7) is 4.08. The maximum Gasteiger partial charge on any atom is 0.258 e. The van der Waals surface area contributed by atoms with Crippen molar-refractivity contribution in [3.8, 4) is 11.5 Å². The number of nitrogens with one attached hydrogen (secondary N) is 1. The molecule has 1 N–H and O–H groups in total. The van der Waals surface area contributed by atoms with Gasteiger partial charge >= 0.3 is 0 Å². The van der Waals surface area contributed by atoms with Crippen molar-refractivity contribution in [2.45, 2.75) is 25.7 Å². The molecule has 0 amide bonds. The molecule has 100 valence electrons. The van der Waals surface area contributed by atoms with Gasteiger partial charge in [-0.15, -0.1) is 0 Å². The highest BCUT2D eigenvalue weighted by molar-refractivity contribution is 9.10. The predicted molar refractivity (Wildman–Crippen MR) is 77.0 cm³/mol. The molecular weight excluding hydrogens is 306 g/mol. The van der Waals surface area contributed by atoms with E-state index in [2.05, 4.69) is 31.4 Å². The van der Waals surface area contributed by atoms with Crippen molar-refractivity contribution in [3.63, 3.8) is 0 Å². The first-order chi connectivity index (χ1) is 9.25. The highest BCUT2D eigenvalue weighted by Gasteiger charge is 2.21. The summed E-state index contributed by atoms with van der Waals surface area (Å²) in [6.07, 6.45) is 2.30. The SMILES string of the molecule is Cc1c(Br)cccc1-c1nc(C2CCCNC2)no1. The van der Waals surface area contributed by atoms with Gasteiger partial charge < -0.3 is 9.84 Å². The topological polar surface area (TPSA) is 51.0 Å². The number of aromatic nitrogens is 2. The van der Waals surface area contributed by atoms with Crippen LogP contribution in [0.2, 0.25) is 0 Å². The van der Waals surface area contributed by atoms with Gasteiger partial charge in [-0.3, -0.25) is 0 Å². The molecule has 0 radical (unpaired) electrons. The van der Waals surface area contributed by atoms with Crippen LogP contribution in [0.15, 0.2) is 27.2 Å². The summed E-state index contributed by atoms with van der Waals surface area (Å²) < 4.78 is 6.49. The molecule has 0 saturated carbocycles. The second-order valence-electron chi connectivity index (χ2n) is 4.91. The average Bonchev–Trinajstić information content (AvgIpc) is 2.92. The Morgan fingerprint density at radius 1 is 1.42 bits per heavy atom. The first-order valence-electron chi connectivity index (χ1n) is 6.55. The van der Waals surface area contributed by atoms with Gasteiger partial charge in [0.15, 0.2) is 5.82 Å². The molecule has 1 atom stereocenters. The maximum atomic E-state index is 5.43. The Hall–Kier alpha value is -1.20. The molecule has 1 aromatic carbocycles. The monoisotopic (exact) mass is 321 g/mol. The van der Waals surface area contributed by atoms with Gasteiger partial charge in [0.2, 0.25) is 0 Å². The number of rotatable bonds is 2. The quantitative estimate of drug-likeness (QED) is 0.922. The van der Waals surface area contributed by atoms with E-state index in [1.54, 1.807) is 0 Å². The van der Waals surface area contributed by atoms with Gasteiger partial charge in [0.05, 0.1) is 0 Å². The Bertz CT molecular complexity index is 576. The molecule has 2 aromatic rings. The predicted octanol–water partition coefficient (Wildman–Crippen LogP) is 3.27. The molecular formula is C14H16BrN3O. The molecule has 4 nitrogen and oxygen atoms in total. The summed E-state index contributed by atoms with van der Waals surface area (Å²) >= 11 is 3.53. The highest BCUT2D eigenvalue weighted by atomic mass is 79.9. The van der Waals surface area contributed by atoms with E-state index >= 15 is 0 Å². The Kier molecular flexibility index (Phi) is 3.66. The summed E-state index contributed by atoms with van der Waals surface area (Å²) in [7, 11) is 0. The minimum Gasteiger partial charge on any atom is -0.334 e. The Morgan fingerprint density at radius 2 is 2.32 bits per heavy atom. The Labute approximate surface area is 120 Å². The highest BCUT2D eigenvalue weighted by Crippen LogP contribution is 2.29. The van der Waals surface area contributed by atoms with E-state index < -0.39 is 0 Å². The van der Waals surface area contributed by atoms with Crippen LogP contribution < -0.4 is 5.32 Å². The molecule has 19 heavy (non-hydrogen) atoms. The van der Waals surface area contributed by atoms with E-state index in [-0.39, 0.29) is 0 Å². The number of hydrogen-bond acceptors (Lipinski definition) is 4. The van der Waals surface area contributed by atoms with E-state index in [9.17, 15) is 0 Å². The largest absolute Gasteiger partial charge is 0.334 e. The molecule has 1 aromatic heterocycles. The van der Waals surface area contributed by atoms with Crippen molar-refractivity contribution >= 4 is 15.9 Å². The lowest BCUT2D eigenvalue weighted by Gasteiger charge is -2.19. The van der Waals surface area contributed by atoms with Crippen LogP contribution in [0.25, 0.3) is 11.5 Å². The third-order valence-corrected chi connectivity index (χ3v) is 4.46. The molecule has 3 rings (SSSR count). The summed E-state index contributed by atoms with van der Waals surface area (Å²) in [5.41, 5.74) is 2.12. The summed E-state index contributed by atoms with van der Waals surface area (Å²) in [5.74, 6) is 1.81. The number of hydrogen-bond donors (Lipinski definition) is 1. The minimum absolute atomic E-state index is 0.374. The van der Waals surface area contributed by atoms with Gasteiger partial charge in [-0.05, 0) is 44.0 Å².